The van der Waals surface area contributed by atoms with Crippen molar-refractivity contribution >= 4 is 29.1 Å². The molecule has 110 valence electrons. The largest absolute Gasteiger partial charge is 0.325 e. The Balaban J connectivity index is 1.93. The highest BCUT2D eigenvalue weighted by atomic mass is 32.2. The van der Waals surface area contributed by atoms with Gasteiger partial charge in [-0.25, -0.2) is 4.98 Å². The maximum Gasteiger partial charge on any atom is 0.234 e. The van der Waals surface area contributed by atoms with Crippen molar-refractivity contribution in [2.75, 3.05) is 11.1 Å². The van der Waals surface area contributed by atoms with Crippen LogP contribution >= 0.6 is 11.8 Å². The molecular weight excluding hydrogens is 298 g/mol. The maximum atomic E-state index is 11.9. The van der Waals surface area contributed by atoms with Gasteiger partial charge in [0.25, 0.3) is 0 Å². The summed E-state index contributed by atoms with van der Waals surface area (Å²) in [7, 11) is 0. The SMILES string of the molecule is CC(=O)c1ccc(NC(=O)CSc2ncccc2C#N)cc1. The molecule has 0 radical (unpaired) electrons. The molecule has 1 aromatic heterocycles. The van der Waals surface area contributed by atoms with Crippen LogP contribution in [0.1, 0.15) is 22.8 Å². The van der Waals surface area contributed by atoms with E-state index in [1.54, 1.807) is 42.6 Å². The molecule has 1 heterocycles. The van der Waals surface area contributed by atoms with Gasteiger partial charge in [-0.1, -0.05) is 11.8 Å². The summed E-state index contributed by atoms with van der Waals surface area (Å²) >= 11 is 1.21. The van der Waals surface area contributed by atoms with Crippen molar-refractivity contribution in [2.24, 2.45) is 0 Å². The minimum Gasteiger partial charge on any atom is -0.325 e. The number of thioether (sulfide) groups is 1. The van der Waals surface area contributed by atoms with E-state index < -0.39 is 0 Å². The molecule has 0 fully saturated rings. The Morgan fingerprint density at radius 1 is 1.27 bits per heavy atom. The second-order valence-corrected chi connectivity index (χ2v) is 5.40. The summed E-state index contributed by atoms with van der Waals surface area (Å²) in [5, 5.41) is 12.2. The molecule has 1 amide bonds. The number of hydrogen-bond acceptors (Lipinski definition) is 5. The summed E-state index contributed by atoms with van der Waals surface area (Å²) in [6, 6.07) is 12.1. The third kappa shape index (κ3) is 4.17. The van der Waals surface area contributed by atoms with Gasteiger partial charge in [0.2, 0.25) is 5.91 Å². The fraction of sp³-hybridized carbons (Fsp3) is 0.125. The number of hydrogen-bond donors (Lipinski definition) is 1. The molecule has 0 saturated heterocycles. The Labute approximate surface area is 132 Å². The first kappa shape index (κ1) is 15.7. The topological polar surface area (TPSA) is 82.8 Å². The minimum absolute atomic E-state index is 0.0207. The monoisotopic (exact) mass is 311 g/mol. The van der Waals surface area contributed by atoms with Gasteiger partial charge in [-0.2, -0.15) is 5.26 Å². The number of benzene rings is 1. The van der Waals surface area contributed by atoms with E-state index in [4.69, 9.17) is 5.26 Å². The van der Waals surface area contributed by atoms with Gasteiger partial charge < -0.3 is 5.32 Å². The average Bonchev–Trinajstić information content (AvgIpc) is 2.53. The zero-order chi connectivity index (χ0) is 15.9. The summed E-state index contributed by atoms with van der Waals surface area (Å²) < 4.78 is 0. The Bertz CT molecular complexity index is 736. The van der Waals surface area contributed by atoms with Gasteiger partial charge in [-0.15, -0.1) is 0 Å². The number of aromatic nitrogens is 1. The van der Waals surface area contributed by atoms with Crippen LogP contribution in [0.15, 0.2) is 47.6 Å². The van der Waals surface area contributed by atoms with Gasteiger partial charge >= 0.3 is 0 Å². The number of nitrogens with one attached hydrogen (secondary N) is 1. The molecule has 5 nitrogen and oxygen atoms in total. The van der Waals surface area contributed by atoms with E-state index in [0.717, 1.165) is 0 Å². The molecule has 0 unspecified atom stereocenters. The fourth-order valence-electron chi connectivity index (χ4n) is 1.71. The van der Waals surface area contributed by atoms with E-state index in [0.29, 0.717) is 21.8 Å². The molecule has 0 bridgehead atoms. The number of rotatable bonds is 5. The van der Waals surface area contributed by atoms with Crippen molar-refractivity contribution in [1.82, 2.24) is 4.98 Å². The van der Waals surface area contributed by atoms with Gasteiger partial charge in [0.05, 0.1) is 11.3 Å². The maximum absolute atomic E-state index is 11.9. The lowest BCUT2D eigenvalue weighted by Gasteiger charge is -2.06. The molecule has 0 saturated carbocycles. The lowest BCUT2D eigenvalue weighted by atomic mass is 10.1. The standard InChI is InChI=1S/C16H13N3O2S/c1-11(20)12-4-6-14(7-5-12)19-15(21)10-22-16-13(9-17)3-2-8-18-16/h2-8H,10H2,1H3,(H,19,21). The van der Waals surface area contributed by atoms with Crippen molar-refractivity contribution in [2.45, 2.75) is 11.9 Å². The quantitative estimate of drug-likeness (QED) is 0.678. The van der Waals surface area contributed by atoms with Crippen LogP contribution < -0.4 is 5.32 Å². The molecule has 22 heavy (non-hydrogen) atoms. The molecule has 2 rings (SSSR count). The van der Waals surface area contributed by atoms with Gasteiger partial charge in [0.15, 0.2) is 5.78 Å². The lowest BCUT2D eigenvalue weighted by Crippen LogP contribution is -2.14. The number of nitrogens with zero attached hydrogens (tertiary/aromatic N) is 2. The van der Waals surface area contributed by atoms with Crippen LogP contribution in [0.5, 0.6) is 0 Å². The number of carbonyl (C=O) groups is 2. The Kier molecular flexibility index (Phi) is 5.28. The first-order valence-corrected chi connectivity index (χ1v) is 7.47. The van der Waals surface area contributed by atoms with Crippen molar-refractivity contribution in [3.63, 3.8) is 0 Å². The fourth-order valence-corrected chi connectivity index (χ4v) is 2.45. The van der Waals surface area contributed by atoms with Crippen LogP contribution in [0.25, 0.3) is 0 Å². The first-order valence-electron chi connectivity index (χ1n) is 6.49. The number of ketones is 1. The zero-order valence-electron chi connectivity index (χ0n) is 11.9. The predicted molar refractivity (Wildman–Crippen MR) is 84.8 cm³/mol. The second-order valence-electron chi connectivity index (χ2n) is 4.44. The van der Waals surface area contributed by atoms with Crippen molar-refractivity contribution in [3.05, 3.63) is 53.7 Å². The van der Waals surface area contributed by atoms with Crippen molar-refractivity contribution in [3.8, 4) is 6.07 Å². The summed E-state index contributed by atoms with van der Waals surface area (Å²) in [5.41, 5.74) is 1.67. The van der Waals surface area contributed by atoms with Crippen LogP contribution in [-0.4, -0.2) is 22.4 Å². The molecule has 1 N–H and O–H groups in total. The molecule has 0 spiro atoms. The highest BCUT2D eigenvalue weighted by Gasteiger charge is 2.08. The van der Waals surface area contributed by atoms with Gasteiger partial charge in [0, 0.05) is 17.4 Å². The summed E-state index contributed by atoms with van der Waals surface area (Å²) in [5.74, 6) is -0.0668. The third-order valence-electron chi connectivity index (χ3n) is 2.81. The highest BCUT2D eigenvalue weighted by molar-refractivity contribution is 8.00. The molecule has 0 aliphatic carbocycles. The molecule has 0 atom stereocenters. The molecule has 6 heteroatoms. The van der Waals surface area contributed by atoms with Crippen LogP contribution in [0.2, 0.25) is 0 Å². The zero-order valence-corrected chi connectivity index (χ0v) is 12.7. The minimum atomic E-state index is -0.199. The molecule has 0 aliphatic rings. The Morgan fingerprint density at radius 3 is 2.64 bits per heavy atom. The average molecular weight is 311 g/mol. The second kappa shape index (κ2) is 7.38. The van der Waals surface area contributed by atoms with Gasteiger partial charge in [-0.05, 0) is 43.3 Å². The number of Topliss-reactive ketones (excluding diaryl/α,β-unsaturated/α-hetero) is 1. The van der Waals surface area contributed by atoms with Gasteiger partial charge in [-0.3, -0.25) is 9.59 Å². The molecule has 2 aromatic rings. The summed E-state index contributed by atoms with van der Waals surface area (Å²) in [4.78, 5) is 27.2. The van der Waals surface area contributed by atoms with Crippen LogP contribution in [-0.2, 0) is 4.79 Å². The van der Waals surface area contributed by atoms with Crippen molar-refractivity contribution < 1.29 is 9.59 Å². The molecule has 0 aliphatic heterocycles. The number of carbonyl (C=O) groups excluding carboxylic acids is 2. The lowest BCUT2D eigenvalue weighted by molar-refractivity contribution is -0.113. The normalized spacial score (nSPS) is 9.82. The Morgan fingerprint density at radius 2 is 2.00 bits per heavy atom. The number of pyridine rings is 1. The van der Waals surface area contributed by atoms with Gasteiger partial charge in [0.1, 0.15) is 11.1 Å². The summed E-state index contributed by atoms with van der Waals surface area (Å²) in [6.07, 6.45) is 1.58. The predicted octanol–water partition coefficient (Wildman–Crippen LogP) is 2.89. The van der Waals surface area contributed by atoms with E-state index in [1.165, 1.54) is 18.7 Å². The van der Waals surface area contributed by atoms with E-state index in [9.17, 15) is 9.59 Å². The van der Waals surface area contributed by atoms with E-state index in [-0.39, 0.29) is 17.4 Å². The highest BCUT2D eigenvalue weighted by Crippen LogP contribution is 2.19. The summed E-state index contributed by atoms with van der Waals surface area (Å²) in [6.45, 7) is 1.49. The van der Waals surface area contributed by atoms with E-state index in [1.807, 2.05) is 6.07 Å². The third-order valence-corrected chi connectivity index (χ3v) is 3.81. The number of anilines is 1. The van der Waals surface area contributed by atoms with E-state index >= 15 is 0 Å². The first-order chi connectivity index (χ1) is 10.6. The van der Waals surface area contributed by atoms with Crippen LogP contribution in [0.4, 0.5) is 5.69 Å². The number of amides is 1. The van der Waals surface area contributed by atoms with Crippen LogP contribution in [0.3, 0.4) is 0 Å². The van der Waals surface area contributed by atoms with Crippen LogP contribution in [0, 0.1) is 11.3 Å². The van der Waals surface area contributed by atoms with E-state index in [2.05, 4.69) is 10.3 Å². The molecular formula is C16H13N3O2S. The Hall–Kier alpha value is -2.65. The molecule has 1 aromatic carbocycles. The smallest absolute Gasteiger partial charge is 0.234 e. The number of nitriles is 1. The van der Waals surface area contributed by atoms with Crippen molar-refractivity contribution in [1.29, 1.82) is 5.26 Å².